The van der Waals surface area contributed by atoms with E-state index in [4.69, 9.17) is 16.3 Å². The van der Waals surface area contributed by atoms with Gasteiger partial charge < -0.3 is 9.30 Å². The van der Waals surface area contributed by atoms with Gasteiger partial charge in [0, 0.05) is 27.2 Å². The summed E-state index contributed by atoms with van der Waals surface area (Å²) in [6.45, 7) is 2.70. The molecule has 0 bridgehead atoms. The highest BCUT2D eigenvalue weighted by atomic mass is 35.5. The lowest BCUT2D eigenvalue weighted by Crippen LogP contribution is -2.49. The molecule has 1 saturated heterocycles. The minimum atomic E-state index is -3.66. The lowest BCUT2D eigenvalue weighted by molar-refractivity contribution is -0.0319. The van der Waals surface area contributed by atoms with E-state index in [1.807, 2.05) is 6.92 Å². The van der Waals surface area contributed by atoms with E-state index in [2.05, 4.69) is 4.98 Å². The molecule has 0 saturated carbocycles. The second-order valence-electron chi connectivity index (χ2n) is 5.05. The van der Waals surface area contributed by atoms with Gasteiger partial charge >= 0.3 is 0 Å². The van der Waals surface area contributed by atoms with Crippen molar-refractivity contribution in [3.63, 3.8) is 0 Å². The summed E-state index contributed by atoms with van der Waals surface area (Å²) in [5.74, 6) is 0. The second-order valence-corrected chi connectivity index (χ2v) is 7.26. The molecule has 108 valence electrons. The van der Waals surface area contributed by atoms with Crippen molar-refractivity contribution in [2.75, 3.05) is 20.2 Å². The highest BCUT2D eigenvalue weighted by Gasteiger charge is 2.39. The number of imidazole rings is 1. The first-order valence-corrected chi connectivity index (χ1v) is 7.84. The number of aromatic nitrogens is 2. The number of hydrogen-bond donors (Lipinski definition) is 0. The standard InChI is InChI=1S/C11H18ClN3O3S/c1-11(18-3)5-4-6-15(7-11)19(16,17)10-9(12)14(2)8-13-10/h8H,4-7H2,1-3H3. The average Bonchev–Trinajstić information content (AvgIpc) is 2.71. The van der Waals surface area contributed by atoms with E-state index in [9.17, 15) is 8.42 Å². The molecule has 19 heavy (non-hydrogen) atoms. The van der Waals surface area contributed by atoms with Gasteiger partial charge in [0.25, 0.3) is 10.0 Å². The topological polar surface area (TPSA) is 64.4 Å². The highest BCUT2D eigenvalue weighted by molar-refractivity contribution is 7.89. The van der Waals surface area contributed by atoms with Crippen molar-refractivity contribution >= 4 is 21.6 Å². The van der Waals surface area contributed by atoms with Crippen molar-refractivity contribution < 1.29 is 13.2 Å². The molecule has 1 aromatic rings. The summed E-state index contributed by atoms with van der Waals surface area (Å²) in [5.41, 5.74) is -0.452. The Morgan fingerprint density at radius 2 is 2.21 bits per heavy atom. The van der Waals surface area contributed by atoms with Gasteiger partial charge in [0.1, 0.15) is 5.15 Å². The van der Waals surface area contributed by atoms with Crippen LogP contribution < -0.4 is 0 Å². The van der Waals surface area contributed by atoms with Gasteiger partial charge in [-0.15, -0.1) is 0 Å². The Labute approximate surface area is 118 Å². The SMILES string of the molecule is COC1(C)CCCN(S(=O)(=O)c2ncn(C)c2Cl)C1. The largest absolute Gasteiger partial charge is 0.377 e. The Morgan fingerprint density at radius 1 is 1.53 bits per heavy atom. The zero-order chi connectivity index (χ0) is 14.3. The van der Waals surface area contributed by atoms with Gasteiger partial charge in [-0.25, -0.2) is 13.4 Å². The Morgan fingerprint density at radius 3 is 2.74 bits per heavy atom. The summed E-state index contributed by atoms with van der Waals surface area (Å²) in [6.07, 6.45) is 2.99. The molecule has 1 aliphatic rings. The maximum atomic E-state index is 12.5. The number of methoxy groups -OCH3 is 1. The normalized spacial score (nSPS) is 25.7. The molecule has 0 spiro atoms. The van der Waals surface area contributed by atoms with E-state index in [0.717, 1.165) is 12.8 Å². The minimum Gasteiger partial charge on any atom is -0.377 e. The Bertz CT molecular complexity index is 572. The Hall–Kier alpha value is -0.630. The van der Waals surface area contributed by atoms with Crippen LogP contribution in [-0.4, -0.2) is 48.1 Å². The Kier molecular flexibility index (Phi) is 3.92. The van der Waals surface area contributed by atoms with E-state index in [1.54, 1.807) is 14.2 Å². The first-order valence-electron chi connectivity index (χ1n) is 6.02. The van der Waals surface area contributed by atoms with Gasteiger partial charge in [0.15, 0.2) is 0 Å². The van der Waals surface area contributed by atoms with E-state index in [0.29, 0.717) is 13.1 Å². The van der Waals surface area contributed by atoms with Crippen LogP contribution in [0.2, 0.25) is 5.15 Å². The molecule has 1 aliphatic heterocycles. The number of rotatable bonds is 3. The molecule has 1 fully saturated rings. The number of piperidine rings is 1. The van der Waals surface area contributed by atoms with Crippen LogP contribution >= 0.6 is 11.6 Å². The summed E-state index contributed by atoms with van der Waals surface area (Å²) in [6, 6.07) is 0. The summed E-state index contributed by atoms with van der Waals surface area (Å²) < 4.78 is 33.4. The lowest BCUT2D eigenvalue weighted by atomic mass is 9.96. The molecule has 1 atom stereocenters. The molecule has 0 amide bonds. The van der Waals surface area contributed by atoms with Crippen LogP contribution in [0.15, 0.2) is 11.4 Å². The van der Waals surface area contributed by atoms with Crippen molar-refractivity contribution in [3.8, 4) is 0 Å². The van der Waals surface area contributed by atoms with Crippen LogP contribution in [-0.2, 0) is 21.8 Å². The molecule has 0 radical (unpaired) electrons. The van der Waals surface area contributed by atoms with E-state index in [-0.39, 0.29) is 10.2 Å². The first-order chi connectivity index (χ1) is 8.80. The molecule has 1 aromatic heterocycles. The van der Waals surface area contributed by atoms with E-state index < -0.39 is 15.6 Å². The zero-order valence-corrected chi connectivity index (χ0v) is 12.8. The van der Waals surface area contributed by atoms with Gasteiger partial charge in [-0.3, -0.25) is 0 Å². The predicted molar refractivity (Wildman–Crippen MR) is 71.6 cm³/mol. The Balaban J connectivity index is 2.32. The van der Waals surface area contributed by atoms with Gasteiger partial charge in [-0.1, -0.05) is 11.6 Å². The zero-order valence-electron chi connectivity index (χ0n) is 11.3. The molecule has 8 heteroatoms. The van der Waals surface area contributed by atoms with Gasteiger partial charge in [-0.05, 0) is 19.8 Å². The quantitative estimate of drug-likeness (QED) is 0.843. The number of halogens is 1. The van der Waals surface area contributed by atoms with Crippen LogP contribution in [0.4, 0.5) is 0 Å². The number of hydrogen-bond acceptors (Lipinski definition) is 4. The van der Waals surface area contributed by atoms with Gasteiger partial charge in [0.05, 0.1) is 11.9 Å². The average molecular weight is 308 g/mol. The third-order valence-electron chi connectivity index (χ3n) is 3.54. The van der Waals surface area contributed by atoms with Crippen molar-refractivity contribution in [1.29, 1.82) is 0 Å². The number of nitrogens with zero attached hydrogens (tertiary/aromatic N) is 3. The monoisotopic (exact) mass is 307 g/mol. The first kappa shape index (κ1) is 14.8. The number of ether oxygens (including phenoxy) is 1. The third kappa shape index (κ3) is 2.65. The fourth-order valence-electron chi connectivity index (χ4n) is 2.22. The van der Waals surface area contributed by atoms with Crippen LogP contribution in [0.3, 0.4) is 0 Å². The van der Waals surface area contributed by atoms with Crippen molar-refractivity contribution in [1.82, 2.24) is 13.9 Å². The predicted octanol–water partition coefficient (Wildman–Crippen LogP) is 1.26. The fourth-order valence-corrected chi connectivity index (χ4v) is 4.20. The second kappa shape index (κ2) is 5.05. The van der Waals surface area contributed by atoms with Crippen LogP contribution in [0.1, 0.15) is 19.8 Å². The van der Waals surface area contributed by atoms with Gasteiger partial charge in [0.2, 0.25) is 5.03 Å². The van der Waals surface area contributed by atoms with Crippen molar-refractivity contribution in [2.45, 2.75) is 30.4 Å². The summed E-state index contributed by atoms with van der Waals surface area (Å²) in [7, 11) is -0.406. The lowest BCUT2D eigenvalue weighted by Gasteiger charge is -2.38. The van der Waals surface area contributed by atoms with Crippen LogP contribution in [0.25, 0.3) is 0 Å². The molecule has 0 aromatic carbocycles. The molecular weight excluding hydrogens is 290 g/mol. The molecule has 6 nitrogen and oxygen atoms in total. The maximum absolute atomic E-state index is 12.5. The summed E-state index contributed by atoms with van der Waals surface area (Å²) in [5, 5.41) is 0.0433. The smallest absolute Gasteiger partial charge is 0.263 e. The molecule has 0 aliphatic carbocycles. The summed E-state index contributed by atoms with van der Waals surface area (Å²) >= 11 is 5.98. The van der Waals surface area contributed by atoms with E-state index in [1.165, 1.54) is 15.2 Å². The fraction of sp³-hybridized carbons (Fsp3) is 0.727. The summed E-state index contributed by atoms with van der Waals surface area (Å²) in [4.78, 5) is 3.90. The van der Waals surface area contributed by atoms with Crippen molar-refractivity contribution in [2.24, 2.45) is 7.05 Å². The highest BCUT2D eigenvalue weighted by Crippen LogP contribution is 2.30. The molecule has 0 N–H and O–H groups in total. The number of aryl methyl sites for hydroxylation is 1. The van der Waals surface area contributed by atoms with Gasteiger partial charge in [-0.2, -0.15) is 4.31 Å². The van der Waals surface area contributed by atoms with Crippen molar-refractivity contribution in [3.05, 3.63) is 11.5 Å². The minimum absolute atomic E-state index is 0.0861. The number of sulfonamides is 1. The molecule has 2 heterocycles. The molecular formula is C11H18ClN3O3S. The van der Waals surface area contributed by atoms with Crippen LogP contribution in [0, 0.1) is 0 Å². The maximum Gasteiger partial charge on any atom is 0.263 e. The van der Waals surface area contributed by atoms with E-state index >= 15 is 0 Å². The third-order valence-corrected chi connectivity index (χ3v) is 5.87. The molecule has 2 rings (SSSR count). The molecule has 1 unspecified atom stereocenters. The van der Waals surface area contributed by atoms with Crippen LogP contribution in [0.5, 0.6) is 0 Å².